The number of aromatic nitrogens is 2. The first-order valence-corrected chi connectivity index (χ1v) is 8.21. The summed E-state index contributed by atoms with van der Waals surface area (Å²) in [5.74, 6) is 0.743. The van der Waals surface area contributed by atoms with Crippen LogP contribution in [0.25, 0.3) is 0 Å². The monoisotopic (exact) mass is 287 g/mol. The Labute approximate surface area is 129 Å². The molecule has 1 fully saturated rings. The van der Waals surface area contributed by atoms with E-state index < -0.39 is 0 Å². The number of nitriles is 1. The Morgan fingerprint density at radius 1 is 1.38 bits per heavy atom. The lowest BCUT2D eigenvalue weighted by Crippen LogP contribution is -2.33. The predicted molar refractivity (Wildman–Crippen MR) is 85.8 cm³/mol. The van der Waals surface area contributed by atoms with E-state index in [0.717, 1.165) is 30.9 Å². The molecule has 1 aliphatic carbocycles. The summed E-state index contributed by atoms with van der Waals surface area (Å²) in [6.07, 6.45) is 7.20. The summed E-state index contributed by atoms with van der Waals surface area (Å²) in [4.78, 5) is 0. The molecule has 2 rings (SSSR count). The maximum absolute atomic E-state index is 9.72. The first kappa shape index (κ1) is 16.1. The molecular weight excluding hydrogens is 258 g/mol. The van der Waals surface area contributed by atoms with E-state index in [1.165, 1.54) is 12.8 Å². The minimum atomic E-state index is -0.197. The third kappa shape index (κ3) is 3.67. The van der Waals surface area contributed by atoms with Crippen LogP contribution >= 0.6 is 0 Å². The van der Waals surface area contributed by atoms with Gasteiger partial charge in [0.25, 0.3) is 0 Å². The highest BCUT2D eigenvalue weighted by Crippen LogP contribution is 2.46. The summed E-state index contributed by atoms with van der Waals surface area (Å²) in [5.41, 5.74) is 1.23. The van der Waals surface area contributed by atoms with Gasteiger partial charge in [0.05, 0.1) is 17.2 Å². The van der Waals surface area contributed by atoms with Crippen LogP contribution in [0.5, 0.6) is 0 Å². The minimum Gasteiger partial charge on any atom is -0.270 e. The highest BCUT2D eigenvalue weighted by Gasteiger charge is 2.39. The highest BCUT2D eigenvalue weighted by molar-refractivity contribution is 5.12. The zero-order chi connectivity index (χ0) is 15.7. The molecule has 3 nitrogen and oxygen atoms in total. The smallest absolute Gasteiger partial charge is 0.0693 e. The van der Waals surface area contributed by atoms with E-state index in [0.29, 0.717) is 11.5 Å². The van der Waals surface area contributed by atoms with Crippen LogP contribution in [0, 0.1) is 28.1 Å². The third-order valence-corrected chi connectivity index (χ3v) is 5.12. The number of nitrogens with zero attached hydrogens (tertiary/aromatic N) is 3. The van der Waals surface area contributed by atoms with Crippen molar-refractivity contribution in [3.63, 3.8) is 0 Å². The quantitative estimate of drug-likeness (QED) is 0.804. The molecule has 0 amide bonds. The van der Waals surface area contributed by atoms with Crippen molar-refractivity contribution in [2.75, 3.05) is 0 Å². The van der Waals surface area contributed by atoms with Gasteiger partial charge in [0, 0.05) is 18.7 Å². The molecule has 1 aromatic rings. The molecule has 0 unspecified atom stereocenters. The number of rotatable bonds is 3. The van der Waals surface area contributed by atoms with Crippen molar-refractivity contribution in [3.8, 4) is 6.07 Å². The second-order valence-electron chi connectivity index (χ2n) is 8.09. The fourth-order valence-electron chi connectivity index (χ4n) is 3.47. The molecule has 116 valence electrons. The molecule has 1 heterocycles. The van der Waals surface area contributed by atoms with Crippen LogP contribution in [0.4, 0.5) is 0 Å². The second kappa shape index (κ2) is 5.83. The van der Waals surface area contributed by atoms with Gasteiger partial charge in [0.15, 0.2) is 0 Å². The maximum atomic E-state index is 9.72. The first-order chi connectivity index (χ1) is 9.76. The molecule has 0 bridgehead atoms. The Morgan fingerprint density at radius 3 is 2.43 bits per heavy atom. The molecular formula is C18H29N3. The molecule has 1 aromatic heterocycles. The lowest BCUT2D eigenvalue weighted by atomic mass is 9.63. The Morgan fingerprint density at radius 2 is 2.00 bits per heavy atom. The first-order valence-electron chi connectivity index (χ1n) is 8.21. The molecule has 1 aliphatic rings. The van der Waals surface area contributed by atoms with Crippen LogP contribution in [-0.4, -0.2) is 9.78 Å². The van der Waals surface area contributed by atoms with Gasteiger partial charge in [0.2, 0.25) is 0 Å². The molecule has 0 saturated heterocycles. The van der Waals surface area contributed by atoms with Gasteiger partial charge in [-0.25, -0.2) is 0 Å². The zero-order valence-corrected chi connectivity index (χ0v) is 14.2. The van der Waals surface area contributed by atoms with Crippen molar-refractivity contribution in [2.45, 2.75) is 72.8 Å². The Hall–Kier alpha value is -1.30. The normalized spacial score (nSPS) is 26.8. The van der Waals surface area contributed by atoms with E-state index in [4.69, 9.17) is 0 Å². The van der Waals surface area contributed by atoms with Crippen LogP contribution < -0.4 is 0 Å². The van der Waals surface area contributed by atoms with E-state index in [1.807, 2.05) is 10.9 Å². The summed E-state index contributed by atoms with van der Waals surface area (Å²) in [6, 6.07) is 5.09. The summed E-state index contributed by atoms with van der Waals surface area (Å²) in [5, 5.41) is 14.4. The van der Waals surface area contributed by atoms with Crippen molar-refractivity contribution < 1.29 is 0 Å². The van der Waals surface area contributed by atoms with Gasteiger partial charge in [-0.05, 0) is 56.9 Å². The Bertz CT molecular complexity index is 505. The molecule has 3 heteroatoms. The molecule has 0 atom stereocenters. The molecule has 0 N–H and O–H groups in total. The average molecular weight is 287 g/mol. The van der Waals surface area contributed by atoms with E-state index >= 15 is 0 Å². The van der Waals surface area contributed by atoms with E-state index in [2.05, 4.69) is 51.9 Å². The van der Waals surface area contributed by atoms with Gasteiger partial charge in [-0.2, -0.15) is 10.4 Å². The Kier molecular flexibility index (Phi) is 4.46. The van der Waals surface area contributed by atoms with Gasteiger partial charge in [-0.1, -0.05) is 20.8 Å². The van der Waals surface area contributed by atoms with Crippen LogP contribution in [0.15, 0.2) is 12.3 Å². The minimum absolute atomic E-state index is 0.197. The van der Waals surface area contributed by atoms with Crippen molar-refractivity contribution in [1.29, 1.82) is 5.26 Å². The lowest BCUT2D eigenvalue weighted by Gasteiger charge is -2.40. The van der Waals surface area contributed by atoms with Gasteiger partial charge < -0.3 is 0 Å². The van der Waals surface area contributed by atoms with Gasteiger partial charge in [-0.15, -0.1) is 0 Å². The lowest BCUT2D eigenvalue weighted by molar-refractivity contribution is 0.120. The van der Waals surface area contributed by atoms with Crippen LogP contribution in [0.3, 0.4) is 0 Å². The summed E-state index contributed by atoms with van der Waals surface area (Å²) in [6.45, 7) is 11.2. The van der Waals surface area contributed by atoms with Crippen LogP contribution in [0.2, 0.25) is 0 Å². The topological polar surface area (TPSA) is 41.6 Å². The number of hydrogen-bond acceptors (Lipinski definition) is 2. The molecule has 0 aromatic carbocycles. The largest absolute Gasteiger partial charge is 0.270 e. The third-order valence-electron chi connectivity index (χ3n) is 5.12. The SMILES string of the molecule is CC(C)n1ccc(CC2(C#N)CCC(C(C)(C)C)CC2)n1. The fourth-order valence-corrected chi connectivity index (χ4v) is 3.47. The molecule has 21 heavy (non-hydrogen) atoms. The number of hydrogen-bond donors (Lipinski definition) is 0. The molecule has 0 spiro atoms. The van der Waals surface area contributed by atoms with Gasteiger partial charge in [-0.3, -0.25) is 4.68 Å². The van der Waals surface area contributed by atoms with Crippen molar-refractivity contribution >= 4 is 0 Å². The van der Waals surface area contributed by atoms with E-state index in [1.54, 1.807) is 0 Å². The Balaban J connectivity index is 2.05. The second-order valence-corrected chi connectivity index (χ2v) is 8.09. The standard InChI is InChI=1S/C18H29N3/c1-14(2)21-11-8-16(20-21)12-18(13-19)9-6-15(7-10-18)17(3,4)5/h8,11,14-15H,6-7,9-10,12H2,1-5H3. The van der Waals surface area contributed by atoms with Crippen molar-refractivity contribution in [2.24, 2.45) is 16.7 Å². The van der Waals surface area contributed by atoms with Gasteiger partial charge >= 0.3 is 0 Å². The van der Waals surface area contributed by atoms with Crippen molar-refractivity contribution in [1.82, 2.24) is 9.78 Å². The molecule has 0 aliphatic heterocycles. The molecule has 1 saturated carbocycles. The maximum Gasteiger partial charge on any atom is 0.0693 e. The van der Waals surface area contributed by atoms with Crippen molar-refractivity contribution in [3.05, 3.63) is 18.0 Å². The van der Waals surface area contributed by atoms with Gasteiger partial charge in [0.1, 0.15) is 0 Å². The summed E-state index contributed by atoms with van der Waals surface area (Å²) in [7, 11) is 0. The molecule has 0 radical (unpaired) electrons. The average Bonchev–Trinajstić information content (AvgIpc) is 2.87. The zero-order valence-electron chi connectivity index (χ0n) is 14.2. The predicted octanol–water partition coefficient (Wildman–Crippen LogP) is 4.75. The fraction of sp³-hybridized carbons (Fsp3) is 0.778. The summed E-state index contributed by atoms with van der Waals surface area (Å²) >= 11 is 0. The van der Waals surface area contributed by atoms with Crippen LogP contribution in [0.1, 0.15) is 72.0 Å². The van der Waals surface area contributed by atoms with E-state index in [-0.39, 0.29) is 5.41 Å². The highest BCUT2D eigenvalue weighted by atomic mass is 15.3. The van der Waals surface area contributed by atoms with Crippen LogP contribution in [-0.2, 0) is 6.42 Å². The van der Waals surface area contributed by atoms with E-state index in [9.17, 15) is 5.26 Å². The summed E-state index contributed by atoms with van der Waals surface area (Å²) < 4.78 is 1.99.